The highest BCUT2D eigenvalue weighted by Crippen LogP contribution is 2.29. The molecule has 1 aliphatic heterocycles. The highest BCUT2D eigenvalue weighted by atomic mass is 79.9. The van der Waals surface area contributed by atoms with E-state index in [4.69, 9.17) is 4.74 Å². The van der Waals surface area contributed by atoms with Crippen molar-refractivity contribution in [1.82, 2.24) is 10.3 Å². The zero-order valence-electron chi connectivity index (χ0n) is 12.5. The van der Waals surface area contributed by atoms with Gasteiger partial charge in [0.2, 0.25) is 0 Å². The van der Waals surface area contributed by atoms with Gasteiger partial charge in [0.25, 0.3) is 5.91 Å². The fourth-order valence-electron chi connectivity index (χ4n) is 2.37. The number of hydrogen-bond acceptors (Lipinski definition) is 4. The van der Waals surface area contributed by atoms with Gasteiger partial charge in [-0.05, 0) is 49.2 Å². The molecule has 4 nitrogen and oxygen atoms in total. The number of carbonyl (C=O) groups is 1. The Morgan fingerprint density at radius 3 is 2.91 bits per heavy atom. The Morgan fingerprint density at radius 2 is 2.17 bits per heavy atom. The molecule has 1 aromatic carbocycles. The first-order chi connectivity index (χ1) is 11.2. The number of aromatic nitrogens is 1. The summed E-state index contributed by atoms with van der Waals surface area (Å²) in [5, 5.41) is 3.66. The Labute approximate surface area is 148 Å². The Kier molecular flexibility index (Phi) is 5.70. The van der Waals surface area contributed by atoms with Crippen molar-refractivity contribution in [2.45, 2.75) is 28.9 Å². The third-order valence-electron chi connectivity index (χ3n) is 3.56. The Bertz CT molecular complexity index is 673. The lowest BCUT2D eigenvalue weighted by atomic mass is 10.2. The molecular formula is C17H17BrN2O2S. The zero-order chi connectivity index (χ0) is 16.1. The summed E-state index contributed by atoms with van der Waals surface area (Å²) in [6.45, 7) is 1.34. The number of ether oxygens (including phenoxy) is 1. The molecule has 23 heavy (non-hydrogen) atoms. The van der Waals surface area contributed by atoms with Crippen LogP contribution in [0, 0.1) is 0 Å². The molecule has 0 bridgehead atoms. The minimum absolute atomic E-state index is 0.104. The maximum atomic E-state index is 12.4. The maximum Gasteiger partial charge on any atom is 0.254 e. The van der Waals surface area contributed by atoms with Crippen LogP contribution in [-0.2, 0) is 4.74 Å². The van der Waals surface area contributed by atoms with Gasteiger partial charge in [-0.3, -0.25) is 4.79 Å². The van der Waals surface area contributed by atoms with Crippen molar-refractivity contribution in [1.29, 1.82) is 0 Å². The highest BCUT2D eigenvalue weighted by molar-refractivity contribution is 9.10. The Morgan fingerprint density at radius 1 is 1.35 bits per heavy atom. The number of amides is 1. The van der Waals surface area contributed by atoms with Gasteiger partial charge in [0.05, 0.1) is 11.7 Å². The third-order valence-corrected chi connectivity index (χ3v) is 5.11. The number of nitrogens with one attached hydrogen (secondary N) is 1. The summed E-state index contributed by atoms with van der Waals surface area (Å²) in [6, 6.07) is 11.5. The van der Waals surface area contributed by atoms with Crippen molar-refractivity contribution in [2.75, 3.05) is 13.2 Å². The van der Waals surface area contributed by atoms with Crippen molar-refractivity contribution in [3.05, 3.63) is 52.6 Å². The largest absolute Gasteiger partial charge is 0.376 e. The number of pyridine rings is 1. The van der Waals surface area contributed by atoms with Crippen molar-refractivity contribution >= 4 is 33.6 Å². The minimum atomic E-state index is -0.104. The van der Waals surface area contributed by atoms with E-state index in [1.54, 1.807) is 18.3 Å². The van der Waals surface area contributed by atoms with E-state index in [2.05, 4.69) is 26.2 Å². The molecule has 1 aromatic heterocycles. The number of rotatable bonds is 5. The van der Waals surface area contributed by atoms with Crippen LogP contribution in [0.15, 0.2) is 57.0 Å². The number of nitrogens with zero attached hydrogens (tertiary/aromatic N) is 1. The zero-order valence-corrected chi connectivity index (χ0v) is 14.9. The van der Waals surface area contributed by atoms with E-state index >= 15 is 0 Å². The molecule has 0 radical (unpaired) electrons. The molecule has 1 amide bonds. The van der Waals surface area contributed by atoms with Gasteiger partial charge in [-0.15, -0.1) is 0 Å². The second-order valence-corrected chi connectivity index (χ2v) is 7.24. The van der Waals surface area contributed by atoms with Gasteiger partial charge in [-0.2, -0.15) is 0 Å². The fourth-order valence-corrected chi connectivity index (χ4v) is 3.51. The smallest absolute Gasteiger partial charge is 0.254 e. The van der Waals surface area contributed by atoms with Crippen LogP contribution in [0.3, 0.4) is 0 Å². The van der Waals surface area contributed by atoms with Crippen LogP contribution in [0.5, 0.6) is 0 Å². The minimum Gasteiger partial charge on any atom is -0.376 e. The number of benzene rings is 1. The molecule has 2 heterocycles. The summed E-state index contributed by atoms with van der Waals surface area (Å²) in [5.41, 5.74) is 0.596. The van der Waals surface area contributed by atoms with Gasteiger partial charge in [-0.25, -0.2) is 4.98 Å². The summed E-state index contributed by atoms with van der Waals surface area (Å²) >= 11 is 4.91. The lowest BCUT2D eigenvalue weighted by Crippen LogP contribution is -2.32. The molecule has 0 saturated carbocycles. The molecule has 120 valence electrons. The first kappa shape index (κ1) is 16.5. The first-order valence-electron chi connectivity index (χ1n) is 7.50. The van der Waals surface area contributed by atoms with Crippen LogP contribution >= 0.6 is 27.7 Å². The molecule has 0 spiro atoms. The Balaban J connectivity index is 1.69. The average Bonchev–Trinajstić information content (AvgIpc) is 3.09. The van der Waals surface area contributed by atoms with E-state index in [-0.39, 0.29) is 12.0 Å². The van der Waals surface area contributed by atoms with Gasteiger partial charge in [-0.1, -0.05) is 27.7 Å². The van der Waals surface area contributed by atoms with Gasteiger partial charge >= 0.3 is 0 Å². The molecule has 3 rings (SSSR count). The molecule has 1 atom stereocenters. The standard InChI is InChI=1S/C17H17BrN2O2S/c18-12-5-7-14(8-6-12)23-17-15(4-1-9-19-17)16(21)20-11-13-3-2-10-22-13/h1,4-9,13H,2-3,10-11H2,(H,20,21)/t13-/m0/s1. The molecule has 1 aliphatic rings. The van der Waals surface area contributed by atoms with Crippen LogP contribution in [0.4, 0.5) is 0 Å². The molecule has 1 saturated heterocycles. The van der Waals surface area contributed by atoms with E-state index in [9.17, 15) is 4.79 Å². The number of carbonyl (C=O) groups excluding carboxylic acids is 1. The molecule has 0 aliphatic carbocycles. The van der Waals surface area contributed by atoms with Gasteiger partial charge in [0, 0.05) is 28.7 Å². The van der Waals surface area contributed by atoms with Crippen molar-refractivity contribution < 1.29 is 9.53 Å². The van der Waals surface area contributed by atoms with Crippen LogP contribution in [0.2, 0.25) is 0 Å². The quantitative estimate of drug-likeness (QED) is 0.837. The molecule has 1 fully saturated rings. The van der Waals surface area contributed by atoms with Gasteiger partial charge in [0.1, 0.15) is 5.03 Å². The van der Waals surface area contributed by atoms with E-state index < -0.39 is 0 Å². The molecule has 0 unspecified atom stereocenters. The lowest BCUT2D eigenvalue weighted by Gasteiger charge is -2.12. The van der Waals surface area contributed by atoms with Crippen molar-refractivity contribution in [3.63, 3.8) is 0 Å². The predicted molar refractivity (Wildman–Crippen MR) is 93.8 cm³/mol. The molecular weight excluding hydrogens is 376 g/mol. The SMILES string of the molecule is O=C(NC[C@@H]1CCCO1)c1cccnc1Sc1ccc(Br)cc1. The van der Waals surface area contributed by atoms with E-state index in [0.29, 0.717) is 17.1 Å². The fraction of sp³-hybridized carbons (Fsp3) is 0.294. The second-order valence-electron chi connectivity index (χ2n) is 5.26. The van der Waals surface area contributed by atoms with Crippen molar-refractivity contribution in [3.8, 4) is 0 Å². The second kappa shape index (κ2) is 7.95. The van der Waals surface area contributed by atoms with Crippen LogP contribution in [0.1, 0.15) is 23.2 Å². The van der Waals surface area contributed by atoms with Gasteiger partial charge < -0.3 is 10.1 Å². The highest BCUT2D eigenvalue weighted by Gasteiger charge is 2.18. The normalized spacial score (nSPS) is 17.2. The molecule has 2 aromatic rings. The van der Waals surface area contributed by atoms with E-state index in [1.807, 2.05) is 24.3 Å². The number of halogens is 1. The van der Waals surface area contributed by atoms with Crippen LogP contribution in [-0.4, -0.2) is 30.1 Å². The summed E-state index contributed by atoms with van der Waals surface area (Å²) < 4.78 is 6.56. The average molecular weight is 393 g/mol. The Hall–Kier alpha value is -1.37. The summed E-state index contributed by atoms with van der Waals surface area (Å²) in [4.78, 5) is 17.8. The third kappa shape index (κ3) is 4.56. The topological polar surface area (TPSA) is 51.2 Å². The molecule has 6 heteroatoms. The predicted octanol–water partition coefficient (Wildman–Crippen LogP) is 3.90. The van der Waals surface area contributed by atoms with Crippen LogP contribution < -0.4 is 5.32 Å². The lowest BCUT2D eigenvalue weighted by molar-refractivity contribution is 0.0855. The maximum absolute atomic E-state index is 12.4. The first-order valence-corrected chi connectivity index (χ1v) is 9.11. The van der Waals surface area contributed by atoms with Gasteiger partial charge in [0.15, 0.2) is 0 Å². The van der Waals surface area contributed by atoms with E-state index in [0.717, 1.165) is 28.8 Å². The van der Waals surface area contributed by atoms with Crippen molar-refractivity contribution in [2.24, 2.45) is 0 Å². The summed E-state index contributed by atoms with van der Waals surface area (Å²) in [7, 11) is 0. The molecule has 1 N–H and O–H groups in total. The number of hydrogen-bond donors (Lipinski definition) is 1. The monoisotopic (exact) mass is 392 g/mol. The van der Waals surface area contributed by atoms with Crippen LogP contribution in [0.25, 0.3) is 0 Å². The van der Waals surface area contributed by atoms with E-state index in [1.165, 1.54) is 11.8 Å². The summed E-state index contributed by atoms with van der Waals surface area (Å²) in [6.07, 6.45) is 3.92. The summed E-state index contributed by atoms with van der Waals surface area (Å²) in [5.74, 6) is -0.104.